The maximum atomic E-state index is 13.4. The van der Waals surface area contributed by atoms with Gasteiger partial charge in [-0.3, -0.25) is 0 Å². The lowest BCUT2D eigenvalue weighted by Gasteiger charge is -2.22. The molecular formula is C14H19FO. The highest BCUT2D eigenvalue weighted by Gasteiger charge is 2.29. The van der Waals surface area contributed by atoms with Gasteiger partial charge in [0.25, 0.3) is 0 Å². The first-order chi connectivity index (χ1) is 7.68. The molecule has 2 rings (SSSR count). The molecular weight excluding hydrogens is 203 g/mol. The molecule has 0 heterocycles. The van der Waals surface area contributed by atoms with Crippen LogP contribution in [0.25, 0.3) is 0 Å². The van der Waals surface area contributed by atoms with Crippen molar-refractivity contribution in [3.63, 3.8) is 0 Å². The average Bonchev–Trinajstić information content (AvgIpc) is 2.68. The molecule has 1 aliphatic rings. The molecule has 3 unspecified atom stereocenters. The van der Waals surface area contributed by atoms with Crippen molar-refractivity contribution in [1.29, 1.82) is 0 Å². The van der Waals surface area contributed by atoms with Crippen LogP contribution in [0.15, 0.2) is 24.3 Å². The number of rotatable bonds is 3. The summed E-state index contributed by atoms with van der Waals surface area (Å²) in [5.74, 6) is 0.716. The molecule has 0 bridgehead atoms. The maximum Gasteiger partial charge on any atom is 0.126 e. The van der Waals surface area contributed by atoms with Gasteiger partial charge in [-0.2, -0.15) is 0 Å². The number of benzene rings is 1. The third kappa shape index (κ3) is 2.43. The fourth-order valence-corrected chi connectivity index (χ4v) is 2.79. The van der Waals surface area contributed by atoms with Gasteiger partial charge in [-0.05, 0) is 29.9 Å². The van der Waals surface area contributed by atoms with Crippen LogP contribution < -0.4 is 0 Å². The summed E-state index contributed by atoms with van der Waals surface area (Å²) < 4.78 is 13.4. The summed E-state index contributed by atoms with van der Waals surface area (Å²) in [4.78, 5) is 0. The lowest BCUT2D eigenvalue weighted by atomic mass is 9.88. The standard InChI is InChI=1S/C14H19FO/c1-10-5-4-7-12(10)14(16)9-11-6-2-3-8-13(11)15/h2-3,6,8,10,12,14,16H,4-5,7,9H2,1H3. The second kappa shape index (κ2) is 4.96. The van der Waals surface area contributed by atoms with Crippen molar-refractivity contribution in [2.24, 2.45) is 11.8 Å². The van der Waals surface area contributed by atoms with Gasteiger partial charge in [0.15, 0.2) is 0 Å². The molecule has 2 heteroatoms. The molecule has 1 aliphatic carbocycles. The Morgan fingerprint density at radius 1 is 1.38 bits per heavy atom. The van der Waals surface area contributed by atoms with Gasteiger partial charge < -0.3 is 5.11 Å². The lowest BCUT2D eigenvalue weighted by Crippen LogP contribution is -2.25. The van der Waals surface area contributed by atoms with Crippen LogP contribution in [0.5, 0.6) is 0 Å². The van der Waals surface area contributed by atoms with Crippen LogP contribution in [0, 0.1) is 17.7 Å². The smallest absolute Gasteiger partial charge is 0.126 e. The Labute approximate surface area is 96.3 Å². The molecule has 1 aromatic carbocycles. The number of aliphatic hydroxyl groups excluding tert-OH is 1. The van der Waals surface area contributed by atoms with Crippen LogP contribution in [0.2, 0.25) is 0 Å². The zero-order valence-electron chi connectivity index (χ0n) is 9.70. The Kier molecular flexibility index (Phi) is 3.59. The largest absolute Gasteiger partial charge is 0.392 e. The van der Waals surface area contributed by atoms with E-state index >= 15 is 0 Å². The molecule has 0 aliphatic heterocycles. The SMILES string of the molecule is CC1CCCC1C(O)Cc1ccccc1F. The predicted molar refractivity (Wildman–Crippen MR) is 62.6 cm³/mol. The van der Waals surface area contributed by atoms with Gasteiger partial charge in [0.1, 0.15) is 5.82 Å². The Bertz CT molecular complexity index is 350. The maximum absolute atomic E-state index is 13.4. The molecule has 16 heavy (non-hydrogen) atoms. The summed E-state index contributed by atoms with van der Waals surface area (Å²) >= 11 is 0. The molecule has 0 radical (unpaired) electrons. The van der Waals surface area contributed by atoms with Crippen molar-refractivity contribution in [3.05, 3.63) is 35.6 Å². The number of aliphatic hydroxyl groups is 1. The summed E-state index contributed by atoms with van der Waals surface area (Å²) in [5.41, 5.74) is 0.633. The molecule has 1 nitrogen and oxygen atoms in total. The van der Waals surface area contributed by atoms with Crippen LogP contribution in [0.4, 0.5) is 4.39 Å². The lowest BCUT2D eigenvalue weighted by molar-refractivity contribution is 0.0893. The molecule has 1 fully saturated rings. The van der Waals surface area contributed by atoms with E-state index in [0.717, 1.165) is 6.42 Å². The summed E-state index contributed by atoms with van der Waals surface area (Å²) in [5, 5.41) is 10.1. The zero-order valence-corrected chi connectivity index (χ0v) is 9.70. The molecule has 0 spiro atoms. The first-order valence-corrected chi connectivity index (χ1v) is 6.10. The molecule has 88 valence electrons. The Morgan fingerprint density at radius 3 is 2.75 bits per heavy atom. The average molecular weight is 222 g/mol. The first kappa shape index (κ1) is 11.6. The van der Waals surface area contributed by atoms with E-state index in [-0.39, 0.29) is 5.82 Å². The third-order valence-corrected chi connectivity index (χ3v) is 3.81. The second-order valence-corrected chi connectivity index (χ2v) is 4.93. The van der Waals surface area contributed by atoms with E-state index < -0.39 is 6.10 Å². The Morgan fingerprint density at radius 2 is 2.12 bits per heavy atom. The van der Waals surface area contributed by atoms with Gasteiger partial charge in [-0.25, -0.2) is 4.39 Å². The molecule has 1 N–H and O–H groups in total. The summed E-state index contributed by atoms with van der Waals surface area (Å²) in [6.07, 6.45) is 3.52. The van der Waals surface area contributed by atoms with E-state index in [1.54, 1.807) is 12.1 Å². The molecule has 1 saturated carbocycles. The first-order valence-electron chi connectivity index (χ1n) is 6.10. The summed E-state index contributed by atoms with van der Waals surface area (Å²) in [6.45, 7) is 2.18. The number of hydrogen-bond donors (Lipinski definition) is 1. The van der Waals surface area contributed by atoms with Gasteiger partial charge >= 0.3 is 0 Å². The van der Waals surface area contributed by atoms with Gasteiger partial charge in [0.05, 0.1) is 6.10 Å². The van der Waals surface area contributed by atoms with Crippen molar-refractivity contribution < 1.29 is 9.50 Å². The van der Waals surface area contributed by atoms with E-state index in [2.05, 4.69) is 6.92 Å². The van der Waals surface area contributed by atoms with Crippen LogP contribution in [-0.2, 0) is 6.42 Å². The van der Waals surface area contributed by atoms with E-state index in [9.17, 15) is 9.50 Å². The van der Waals surface area contributed by atoms with Gasteiger partial charge in [-0.1, -0.05) is 38.0 Å². The van der Waals surface area contributed by atoms with E-state index in [4.69, 9.17) is 0 Å². The van der Waals surface area contributed by atoms with Gasteiger partial charge in [0, 0.05) is 6.42 Å². The fraction of sp³-hybridized carbons (Fsp3) is 0.571. The van der Waals surface area contributed by atoms with Crippen molar-refractivity contribution in [1.82, 2.24) is 0 Å². The molecule has 3 atom stereocenters. The molecule has 0 aromatic heterocycles. The highest BCUT2D eigenvalue weighted by Crippen LogP contribution is 2.34. The monoisotopic (exact) mass is 222 g/mol. The summed E-state index contributed by atoms with van der Waals surface area (Å²) in [7, 11) is 0. The summed E-state index contributed by atoms with van der Waals surface area (Å²) in [6, 6.07) is 6.73. The van der Waals surface area contributed by atoms with Crippen molar-refractivity contribution in [3.8, 4) is 0 Å². The van der Waals surface area contributed by atoms with Crippen LogP contribution in [-0.4, -0.2) is 11.2 Å². The quantitative estimate of drug-likeness (QED) is 0.833. The van der Waals surface area contributed by atoms with Gasteiger partial charge in [0.2, 0.25) is 0 Å². The van der Waals surface area contributed by atoms with Crippen molar-refractivity contribution >= 4 is 0 Å². The Hall–Kier alpha value is -0.890. The zero-order chi connectivity index (χ0) is 11.5. The fourth-order valence-electron chi connectivity index (χ4n) is 2.79. The minimum absolute atomic E-state index is 0.202. The van der Waals surface area contributed by atoms with Crippen molar-refractivity contribution in [2.75, 3.05) is 0 Å². The van der Waals surface area contributed by atoms with Crippen molar-refractivity contribution in [2.45, 2.75) is 38.7 Å². The molecule has 0 amide bonds. The van der Waals surface area contributed by atoms with E-state index in [0.29, 0.717) is 23.8 Å². The van der Waals surface area contributed by atoms with Gasteiger partial charge in [-0.15, -0.1) is 0 Å². The highest BCUT2D eigenvalue weighted by atomic mass is 19.1. The topological polar surface area (TPSA) is 20.2 Å². The third-order valence-electron chi connectivity index (χ3n) is 3.81. The predicted octanol–water partition coefficient (Wildman–Crippen LogP) is 3.17. The second-order valence-electron chi connectivity index (χ2n) is 4.93. The normalized spacial score (nSPS) is 26.9. The molecule has 1 aromatic rings. The van der Waals surface area contributed by atoms with E-state index in [1.165, 1.54) is 18.9 Å². The minimum atomic E-state index is -0.394. The molecule has 0 saturated heterocycles. The Balaban J connectivity index is 2.02. The van der Waals surface area contributed by atoms with E-state index in [1.807, 2.05) is 6.07 Å². The minimum Gasteiger partial charge on any atom is -0.392 e. The number of hydrogen-bond acceptors (Lipinski definition) is 1. The van der Waals surface area contributed by atoms with Crippen LogP contribution in [0.3, 0.4) is 0 Å². The van der Waals surface area contributed by atoms with Crippen LogP contribution in [0.1, 0.15) is 31.7 Å². The highest BCUT2D eigenvalue weighted by molar-refractivity contribution is 5.18. The number of halogens is 1. The van der Waals surface area contributed by atoms with Crippen LogP contribution >= 0.6 is 0 Å².